The monoisotopic (exact) mass is 370 g/mol. The van der Waals surface area contributed by atoms with Crippen LogP contribution in [-0.2, 0) is 0 Å². The Balaban J connectivity index is 1.83. The lowest BCUT2D eigenvalue weighted by molar-refractivity contribution is 0.415. The van der Waals surface area contributed by atoms with Crippen LogP contribution in [0.1, 0.15) is 0 Å². The Bertz CT molecular complexity index is 954. The molecule has 3 nitrogen and oxygen atoms in total. The molecule has 0 unspecified atom stereocenters. The Kier molecular flexibility index (Phi) is 4.70. The fraction of sp³-hybridized carbons (Fsp3) is 0.238. The van der Waals surface area contributed by atoms with E-state index >= 15 is 0 Å². The lowest BCUT2D eigenvalue weighted by Gasteiger charge is -2.29. The zero-order valence-electron chi connectivity index (χ0n) is 14.6. The highest BCUT2D eigenvalue weighted by molar-refractivity contribution is 6.34. The van der Waals surface area contributed by atoms with Gasteiger partial charge in [-0.15, -0.1) is 0 Å². The fourth-order valence-corrected chi connectivity index (χ4v) is 3.76. The van der Waals surface area contributed by atoms with E-state index in [4.69, 9.17) is 16.3 Å². The fourth-order valence-electron chi connectivity index (χ4n) is 3.49. The lowest BCUT2D eigenvalue weighted by atomic mass is 9.97. The van der Waals surface area contributed by atoms with Crippen molar-refractivity contribution in [3.05, 3.63) is 59.4 Å². The summed E-state index contributed by atoms with van der Waals surface area (Å²) in [5.41, 5.74) is 2.86. The quantitative estimate of drug-likeness (QED) is 0.722. The first-order valence-electron chi connectivity index (χ1n) is 8.68. The van der Waals surface area contributed by atoms with Gasteiger partial charge in [-0.05, 0) is 52.7 Å². The molecule has 0 atom stereocenters. The molecule has 26 heavy (non-hydrogen) atoms. The van der Waals surface area contributed by atoms with Crippen LogP contribution in [0.4, 0.5) is 10.1 Å². The minimum atomic E-state index is -0.266. The van der Waals surface area contributed by atoms with E-state index in [1.165, 1.54) is 6.07 Å². The highest BCUT2D eigenvalue weighted by Crippen LogP contribution is 2.38. The molecular weight excluding hydrogens is 351 g/mol. The van der Waals surface area contributed by atoms with E-state index in [-0.39, 0.29) is 5.82 Å². The molecule has 4 rings (SSSR count). The molecule has 1 N–H and O–H groups in total. The number of methoxy groups -OCH3 is 1. The molecule has 3 aromatic carbocycles. The number of benzene rings is 3. The highest BCUT2D eigenvalue weighted by atomic mass is 35.5. The van der Waals surface area contributed by atoms with Gasteiger partial charge >= 0.3 is 0 Å². The third-order valence-electron chi connectivity index (χ3n) is 4.85. The molecule has 0 bridgehead atoms. The van der Waals surface area contributed by atoms with Crippen molar-refractivity contribution in [2.75, 3.05) is 38.2 Å². The largest absolute Gasteiger partial charge is 0.497 e. The molecule has 0 aliphatic carbocycles. The summed E-state index contributed by atoms with van der Waals surface area (Å²) >= 11 is 6.64. The second-order valence-corrected chi connectivity index (χ2v) is 6.85. The minimum absolute atomic E-state index is 0.266. The number of nitrogens with one attached hydrogen (secondary N) is 1. The molecule has 0 amide bonds. The molecule has 1 aliphatic heterocycles. The van der Waals surface area contributed by atoms with E-state index in [9.17, 15) is 4.39 Å². The van der Waals surface area contributed by atoms with Gasteiger partial charge in [-0.2, -0.15) is 0 Å². The third kappa shape index (κ3) is 3.22. The topological polar surface area (TPSA) is 24.5 Å². The van der Waals surface area contributed by atoms with Crippen LogP contribution in [0.15, 0.2) is 48.5 Å². The van der Waals surface area contributed by atoms with Crippen molar-refractivity contribution < 1.29 is 9.13 Å². The number of ether oxygens (including phenoxy) is 1. The number of rotatable bonds is 3. The Morgan fingerprint density at radius 1 is 1.00 bits per heavy atom. The predicted octanol–water partition coefficient (Wildman–Crippen LogP) is 4.72. The second-order valence-electron chi connectivity index (χ2n) is 6.44. The summed E-state index contributed by atoms with van der Waals surface area (Å²) in [6.45, 7) is 3.87. The normalized spacial score (nSPS) is 14.7. The smallest absolute Gasteiger partial charge is 0.123 e. The van der Waals surface area contributed by atoms with Crippen molar-refractivity contribution in [2.45, 2.75) is 0 Å². The summed E-state index contributed by atoms with van der Waals surface area (Å²) in [6.07, 6.45) is 0. The maximum Gasteiger partial charge on any atom is 0.123 e. The highest BCUT2D eigenvalue weighted by Gasteiger charge is 2.15. The number of piperazine rings is 1. The molecule has 1 heterocycles. The van der Waals surface area contributed by atoms with Crippen molar-refractivity contribution >= 4 is 28.1 Å². The third-order valence-corrected chi connectivity index (χ3v) is 5.16. The molecule has 0 saturated carbocycles. The van der Waals surface area contributed by atoms with Crippen molar-refractivity contribution in [3.63, 3.8) is 0 Å². The minimum Gasteiger partial charge on any atom is -0.497 e. The number of fused-ring (bicyclic) bond motifs is 1. The molecule has 1 fully saturated rings. The first-order chi connectivity index (χ1) is 12.7. The summed E-state index contributed by atoms with van der Waals surface area (Å²) in [6, 6.07) is 14.7. The van der Waals surface area contributed by atoms with Gasteiger partial charge in [0.15, 0.2) is 0 Å². The number of nitrogens with zero attached hydrogens (tertiary/aromatic N) is 1. The summed E-state index contributed by atoms with van der Waals surface area (Å²) in [7, 11) is 1.63. The van der Waals surface area contributed by atoms with Crippen LogP contribution in [0, 0.1) is 5.82 Å². The van der Waals surface area contributed by atoms with E-state index in [2.05, 4.69) is 16.3 Å². The SMILES string of the molecule is COc1cc(-c2ccc(N3CCNCC3)cc2Cl)c2cc(F)ccc2c1. The maximum absolute atomic E-state index is 13.8. The number of halogens is 2. The number of anilines is 1. The van der Waals surface area contributed by atoms with Gasteiger partial charge < -0.3 is 15.0 Å². The second kappa shape index (κ2) is 7.14. The van der Waals surface area contributed by atoms with Crippen molar-refractivity contribution in [1.29, 1.82) is 0 Å². The Labute approximate surface area is 157 Å². The lowest BCUT2D eigenvalue weighted by Crippen LogP contribution is -2.43. The molecule has 0 spiro atoms. The molecule has 5 heteroatoms. The number of hydrogen-bond donors (Lipinski definition) is 1. The van der Waals surface area contributed by atoms with Crippen LogP contribution in [0.5, 0.6) is 5.75 Å². The van der Waals surface area contributed by atoms with Gasteiger partial charge in [-0.1, -0.05) is 23.7 Å². The first kappa shape index (κ1) is 17.1. The van der Waals surface area contributed by atoms with Crippen molar-refractivity contribution in [3.8, 4) is 16.9 Å². The predicted molar refractivity (Wildman–Crippen MR) is 106 cm³/mol. The molecule has 0 aromatic heterocycles. The average Bonchev–Trinajstić information content (AvgIpc) is 2.68. The van der Waals surface area contributed by atoms with Crippen molar-refractivity contribution in [2.24, 2.45) is 0 Å². The first-order valence-corrected chi connectivity index (χ1v) is 9.06. The van der Waals surface area contributed by atoms with Crippen molar-refractivity contribution in [1.82, 2.24) is 5.32 Å². The summed E-state index contributed by atoms with van der Waals surface area (Å²) in [4.78, 5) is 2.31. The summed E-state index contributed by atoms with van der Waals surface area (Å²) in [5, 5.41) is 5.74. The zero-order valence-corrected chi connectivity index (χ0v) is 15.3. The molecule has 1 aliphatic rings. The van der Waals surface area contributed by atoms with Gasteiger partial charge in [0.25, 0.3) is 0 Å². The van der Waals surface area contributed by atoms with Gasteiger partial charge in [-0.3, -0.25) is 0 Å². The molecule has 1 saturated heterocycles. The van der Waals surface area contributed by atoms with Crippen LogP contribution in [0.2, 0.25) is 5.02 Å². The molecular formula is C21H20ClFN2O. The molecule has 134 valence electrons. The Morgan fingerprint density at radius 2 is 1.81 bits per heavy atom. The summed E-state index contributed by atoms with van der Waals surface area (Å²) in [5.74, 6) is 0.457. The van der Waals surface area contributed by atoms with Crippen LogP contribution in [-0.4, -0.2) is 33.3 Å². The number of hydrogen-bond acceptors (Lipinski definition) is 3. The van der Waals surface area contributed by atoms with Gasteiger partial charge in [0, 0.05) is 37.4 Å². The van der Waals surface area contributed by atoms with Crippen LogP contribution >= 0.6 is 11.6 Å². The standard InChI is InChI=1S/C21H20ClFN2O/c1-26-17-10-14-2-3-15(23)11-19(14)20(13-17)18-5-4-16(12-21(18)22)25-8-6-24-7-9-25/h2-5,10-13,24H,6-9H2,1H3. The van der Waals surface area contributed by atoms with E-state index in [1.807, 2.05) is 24.3 Å². The van der Waals surface area contributed by atoms with Crippen LogP contribution in [0.3, 0.4) is 0 Å². The van der Waals surface area contributed by atoms with E-state index in [1.54, 1.807) is 19.2 Å². The van der Waals surface area contributed by atoms with Gasteiger partial charge in [0.1, 0.15) is 11.6 Å². The maximum atomic E-state index is 13.8. The zero-order chi connectivity index (χ0) is 18.1. The summed E-state index contributed by atoms with van der Waals surface area (Å²) < 4.78 is 19.3. The van der Waals surface area contributed by atoms with E-state index in [0.29, 0.717) is 5.02 Å². The van der Waals surface area contributed by atoms with Gasteiger partial charge in [0.2, 0.25) is 0 Å². The van der Waals surface area contributed by atoms with Gasteiger partial charge in [0.05, 0.1) is 12.1 Å². The Morgan fingerprint density at radius 3 is 2.54 bits per heavy atom. The van der Waals surface area contributed by atoms with Gasteiger partial charge in [-0.25, -0.2) is 4.39 Å². The van der Waals surface area contributed by atoms with E-state index < -0.39 is 0 Å². The van der Waals surface area contributed by atoms with E-state index in [0.717, 1.165) is 59.5 Å². The van der Waals surface area contributed by atoms with Crippen LogP contribution < -0.4 is 15.0 Å². The molecule has 0 radical (unpaired) electrons. The Hall–Kier alpha value is -2.30. The van der Waals surface area contributed by atoms with Crippen LogP contribution in [0.25, 0.3) is 21.9 Å². The molecule has 3 aromatic rings. The average molecular weight is 371 g/mol.